The van der Waals surface area contributed by atoms with Gasteiger partial charge >= 0.3 is 5.97 Å². The number of hydrogen-bond donors (Lipinski definition) is 1. The molecule has 1 aromatic carbocycles. The van der Waals surface area contributed by atoms with E-state index in [0.717, 1.165) is 21.1 Å². The molecule has 8 nitrogen and oxygen atoms in total. The molecule has 4 rings (SSSR count). The minimum absolute atomic E-state index is 0.0685. The van der Waals surface area contributed by atoms with Gasteiger partial charge in [0.1, 0.15) is 5.75 Å². The van der Waals surface area contributed by atoms with E-state index in [4.69, 9.17) is 9.47 Å². The number of aromatic nitrogens is 2. The van der Waals surface area contributed by atoms with E-state index in [2.05, 4.69) is 20.2 Å². The standard InChI is InChI=1S/C19H20N4O4S2/c1-3-27-16(24)6-12-10-28-18(20-12)22-17(25)11-8-23(9-11)19-21-14-5-4-13(26-2)7-15(14)29-19/h4-5,7,10-11H,3,6,8-9H2,1-2H3,(H,20,22,25). The molecule has 0 unspecified atom stereocenters. The number of thiazole rings is 2. The molecule has 1 amide bonds. The van der Waals surface area contributed by atoms with Crippen LogP contribution in [0.2, 0.25) is 0 Å². The van der Waals surface area contributed by atoms with Crippen molar-refractivity contribution in [2.45, 2.75) is 13.3 Å². The molecule has 10 heteroatoms. The van der Waals surface area contributed by atoms with Crippen molar-refractivity contribution in [3.63, 3.8) is 0 Å². The first kappa shape index (κ1) is 19.6. The predicted octanol–water partition coefficient (Wildman–Crippen LogP) is 2.94. The number of ether oxygens (including phenoxy) is 2. The van der Waals surface area contributed by atoms with Crippen LogP contribution in [0.5, 0.6) is 5.75 Å². The van der Waals surface area contributed by atoms with Crippen molar-refractivity contribution in [1.82, 2.24) is 9.97 Å². The van der Waals surface area contributed by atoms with Crippen LogP contribution in [0.25, 0.3) is 10.2 Å². The molecule has 1 saturated heterocycles. The molecule has 0 spiro atoms. The van der Waals surface area contributed by atoms with Crippen LogP contribution < -0.4 is 15.0 Å². The van der Waals surface area contributed by atoms with E-state index < -0.39 is 0 Å². The Bertz CT molecular complexity index is 1040. The Morgan fingerprint density at radius 3 is 2.90 bits per heavy atom. The number of fused-ring (bicyclic) bond motifs is 1. The molecule has 3 heterocycles. The summed E-state index contributed by atoms with van der Waals surface area (Å²) in [5.74, 6) is 0.299. The lowest BCUT2D eigenvalue weighted by molar-refractivity contribution is -0.142. The van der Waals surface area contributed by atoms with Gasteiger partial charge in [-0.1, -0.05) is 11.3 Å². The van der Waals surface area contributed by atoms with Gasteiger partial charge in [0.05, 0.1) is 42.0 Å². The van der Waals surface area contributed by atoms with Gasteiger partial charge in [0.2, 0.25) is 5.91 Å². The van der Waals surface area contributed by atoms with Crippen LogP contribution in [0.1, 0.15) is 12.6 Å². The number of rotatable bonds is 7. The fraction of sp³-hybridized carbons (Fsp3) is 0.368. The molecule has 1 N–H and O–H groups in total. The predicted molar refractivity (Wildman–Crippen MR) is 113 cm³/mol. The molecule has 1 aliphatic heterocycles. The lowest BCUT2D eigenvalue weighted by Crippen LogP contribution is -2.52. The summed E-state index contributed by atoms with van der Waals surface area (Å²) in [5, 5.41) is 6.00. The van der Waals surface area contributed by atoms with E-state index in [1.807, 2.05) is 18.2 Å². The van der Waals surface area contributed by atoms with Crippen LogP contribution in [0.3, 0.4) is 0 Å². The Hall–Kier alpha value is -2.72. The van der Waals surface area contributed by atoms with E-state index in [0.29, 0.717) is 30.5 Å². The molecular weight excluding hydrogens is 412 g/mol. The summed E-state index contributed by atoms with van der Waals surface area (Å²) in [5.41, 5.74) is 1.53. The van der Waals surface area contributed by atoms with Gasteiger partial charge in [0.25, 0.3) is 0 Å². The maximum Gasteiger partial charge on any atom is 0.311 e. The molecule has 0 radical (unpaired) electrons. The van der Waals surface area contributed by atoms with E-state index in [1.165, 1.54) is 11.3 Å². The number of esters is 1. The Labute approximate surface area is 175 Å². The Kier molecular flexibility index (Phi) is 5.63. The van der Waals surface area contributed by atoms with E-state index in [1.54, 1.807) is 30.8 Å². The van der Waals surface area contributed by atoms with Gasteiger partial charge in [0, 0.05) is 18.5 Å². The molecule has 0 saturated carbocycles. The molecule has 2 aromatic heterocycles. The fourth-order valence-electron chi connectivity index (χ4n) is 2.97. The molecule has 0 bridgehead atoms. The third-order valence-corrected chi connectivity index (χ3v) is 6.41. The van der Waals surface area contributed by atoms with Gasteiger partial charge in [-0.15, -0.1) is 11.3 Å². The first-order valence-electron chi connectivity index (χ1n) is 9.16. The molecular formula is C19H20N4O4S2. The Balaban J connectivity index is 1.31. The van der Waals surface area contributed by atoms with Crippen molar-refractivity contribution < 1.29 is 19.1 Å². The van der Waals surface area contributed by atoms with Gasteiger partial charge < -0.3 is 19.7 Å². The first-order chi connectivity index (χ1) is 14.1. The van der Waals surface area contributed by atoms with Gasteiger partial charge in [-0.3, -0.25) is 9.59 Å². The first-order valence-corrected chi connectivity index (χ1v) is 10.9. The lowest BCUT2D eigenvalue weighted by atomic mass is 10.0. The zero-order chi connectivity index (χ0) is 20.4. The summed E-state index contributed by atoms with van der Waals surface area (Å²) >= 11 is 2.90. The molecule has 0 atom stereocenters. The summed E-state index contributed by atoms with van der Waals surface area (Å²) in [6.45, 7) is 3.33. The minimum Gasteiger partial charge on any atom is -0.497 e. The fourth-order valence-corrected chi connectivity index (χ4v) is 4.69. The van der Waals surface area contributed by atoms with Gasteiger partial charge in [-0.2, -0.15) is 0 Å². The lowest BCUT2D eigenvalue weighted by Gasteiger charge is -2.37. The van der Waals surface area contributed by atoms with Crippen molar-refractivity contribution in [3.05, 3.63) is 29.3 Å². The number of carbonyl (C=O) groups is 2. The van der Waals surface area contributed by atoms with Crippen LogP contribution in [0.15, 0.2) is 23.6 Å². The second-order valence-corrected chi connectivity index (χ2v) is 8.41. The molecule has 0 aliphatic carbocycles. The van der Waals surface area contributed by atoms with Crippen LogP contribution in [0.4, 0.5) is 10.3 Å². The van der Waals surface area contributed by atoms with Crippen molar-refractivity contribution in [3.8, 4) is 5.75 Å². The SMILES string of the molecule is CCOC(=O)Cc1csc(NC(=O)C2CN(c3nc4ccc(OC)cc4s3)C2)n1. The summed E-state index contributed by atoms with van der Waals surface area (Å²) < 4.78 is 11.2. The molecule has 152 valence electrons. The summed E-state index contributed by atoms with van der Waals surface area (Å²) in [4.78, 5) is 35.0. The van der Waals surface area contributed by atoms with E-state index in [-0.39, 0.29) is 24.2 Å². The number of carbonyl (C=O) groups excluding carboxylic acids is 2. The maximum atomic E-state index is 12.5. The van der Waals surface area contributed by atoms with Gasteiger partial charge in [-0.05, 0) is 25.1 Å². The van der Waals surface area contributed by atoms with Crippen molar-refractivity contribution in [2.24, 2.45) is 5.92 Å². The summed E-state index contributed by atoms with van der Waals surface area (Å²) in [6, 6.07) is 5.80. The highest BCUT2D eigenvalue weighted by Crippen LogP contribution is 2.35. The second-order valence-electron chi connectivity index (χ2n) is 6.55. The largest absolute Gasteiger partial charge is 0.497 e. The number of methoxy groups -OCH3 is 1. The highest BCUT2D eigenvalue weighted by molar-refractivity contribution is 7.22. The highest BCUT2D eigenvalue weighted by atomic mass is 32.1. The average molecular weight is 433 g/mol. The quantitative estimate of drug-likeness (QED) is 0.574. The summed E-state index contributed by atoms with van der Waals surface area (Å²) in [7, 11) is 1.64. The molecule has 1 aliphatic rings. The van der Waals surface area contributed by atoms with Gasteiger partial charge in [0.15, 0.2) is 10.3 Å². The third-order valence-electron chi connectivity index (χ3n) is 4.52. The van der Waals surface area contributed by atoms with Gasteiger partial charge in [-0.25, -0.2) is 9.97 Å². The number of benzene rings is 1. The van der Waals surface area contributed by atoms with Crippen LogP contribution in [-0.4, -0.2) is 48.7 Å². The smallest absolute Gasteiger partial charge is 0.311 e. The number of amides is 1. The number of anilines is 2. The summed E-state index contributed by atoms with van der Waals surface area (Å²) in [6.07, 6.45) is 0.111. The van der Waals surface area contributed by atoms with E-state index in [9.17, 15) is 9.59 Å². The van der Waals surface area contributed by atoms with Crippen molar-refractivity contribution in [2.75, 3.05) is 37.0 Å². The van der Waals surface area contributed by atoms with Crippen molar-refractivity contribution >= 4 is 55.0 Å². The molecule has 3 aromatic rings. The van der Waals surface area contributed by atoms with Crippen LogP contribution in [-0.2, 0) is 20.7 Å². The van der Waals surface area contributed by atoms with Crippen LogP contribution in [0, 0.1) is 5.92 Å². The second kappa shape index (κ2) is 8.34. The minimum atomic E-state index is -0.321. The highest BCUT2D eigenvalue weighted by Gasteiger charge is 2.34. The zero-order valence-corrected chi connectivity index (χ0v) is 17.6. The number of nitrogens with one attached hydrogen (secondary N) is 1. The average Bonchev–Trinajstić information content (AvgIpc) is 3.26. The number of hydrogen-bond acceptors (Lipinski definition) is 9. The topological polar surface area (TPSA) is 93.7 Å². The number of nitrogens with zero attached hydrogens (tertiary/aromatic N) is 3. The molecule has 29 heavy (non-hydrogen) atoms. The zero-order valence-electron chi connectivity index (χ0n) is 16.0. The molecule has 1 fully saturated rings. The van der Waals surface area contributed by atoms with Crippen molar-refractivity contribution in [1.29, 1.82) is 0 Å². The Morgan fingerprint density at radius 2 is 2.14 bits per heavy atom. The van der Waals surface area contributed by atoms with Crippen LogP contribution >= 0.6 is 22.7 Å². The Morgan fingerprint density at radius 1 is 1.31 bits per heavy atom. The van der Waals surface area contributed by atoms with E-state index >= 15 is 0 Å². The monoisotopic (exact) mass is 432 g/mol. The normalized spacial score (nSPS) is 13.9. The maximum absolute atomic E-state index is 12.5. The third kappa shape index (κ3) is 4.33.